The van der Waals surface area contributed by atoms with E-state index in [1.54, 1.807) is 19.2 Å². The van der Waals surface area contributed by atoms with Gasteiger partial charge in [0, 0.05) is 16.6 Å². The number of nitrogens with zero attached hydrogens (tertiary/aromatic N) is 2. The molecule has 0 aliphatic carbocycles. The second-order valence-corrected chi connectivity index (χ2v) is 8.92. The first kappa shape index (κ1) is 23.2. The minimum Gasteiger partial charge on any atom is -0.497 e. The molecule has 38 heavy (non-hydrogen) atoms. The van der Waals surface area contributed by atoms with Gasteiger partial charge in [-0.15, -0.1) is 0 Å². The van der Waals surface area contributed by atoms with Crippen molar-refractivity contribution >= 4 is 45.5 Å². The van der Waals surface area contributed by atoms with Gasteiger partial charge in [-0.1, -0.05) is 48.5 Å². The number of amides is 2. The van der Waals surface area contributed by atoms with E-state index in [9.17, 15) is 9.59 Å². The van der Waals surface area contributed by atoms with Crippen LogP contribution in [0.5, 0.6) is 5.75 Å². The summed E-state index contributed by atoms with van der Waals surface area (Å²) in [5.41, 5.74) is 4.13. The highest BCUT2D eigenvalue weighted by molar-refractivity contribution is 6.28. The summed E-state index contributed by atoms with van der Waals surface area (Å²) < 4.78 is 5.34. The summed E-state index contributed by atoms with van der Waals surface area (Å²) in [6, 6.07) is 32.3. The molecular formula is C31H24N4O3. The summed E-state index contributed by atoms with van der Waals surface area (Å²) in [6.07, 6.45) is 0. The average Bonchev–Trinajstić information content (AvgIpc) is 3.34. The van der Waals surface area contributed by atoms with E-state index in [1.807, 2.05) is 97.1 Å². The first-order valence-electron chi connectivity index (χ1n) is 12.2. The number of para-hydroxylation sites is 4. The number of H-pyrrole nitrogens is 1. The molecule has 2 amide bonds. The Morgan fingerprint density at radius 3 is 2.34 bits per heavy atom. The molecule has 1 aliphatic heterocycles. The minimum atomic E-state index is -1.06. The normalized spacial score (nSPS) is 14.7. The van der Waals surface area contributed by atoms with Crippen LogP contribution in [0.3, 0.4) is 0 Å². The number of anilines is 2. The topological polar surface area (TPSA) is 86.8 Å². The van der Waals surface area contributed by atoms with Crippen molar-refractivity contribution in [2.24, 2.45) is 4.99 Å². The highest BCUT2D eigenvalue weighted by atomic mass is 16.5. The van der Waals surface area contributed by atoms with Gasteiger partial charge in [0.25, 0.3) is 11.8 Å². The van der Waals surface area contributed by atoms with Crippen LogP contribution in [0.15, 0.2) is 114 Å². The molecule has 1 aliphatic rings. The number of carbonyl (C=O) groups excluding carboxylic acids is 2. The van der Waals surface area contributed by atoms with Crippen LogP contribution in [0.2, 0.25) is 0 Å². The Kier molecular flexibility index (Phi) is 5.94. The number of aromatic amines is 1. The summed E-state index contributed by atoms with van der Waals surface area (Å²) in [7, 11) is 1.60. The SMILES string of the molecule is COc1ccc(C2=Nc3ccccc3NC(=O)C2N(C(=O)c2cc3ccccc3[nH]2)c2ccccc2)cc1. The summed E-state index contributed by atoms with van der Waals surface area (Å²) in [5.74, 6) is -0.0315. The number of aliphatic imine (C=N–C) groups is 1. The van der Waals surface area contributed by atoms with Gasteiger partial charge < -0.3 is 15.0 Å². The van der Waals surface area contributed by atoms with E-state index in [-0.39, 0.29) is 11.8 Å². The van der Waals surface area contributed by atoms with Crippen molar-refractivity contribution in [1.29, 1.82) is 0 Å². The first-order chi connectivity index (χ1) is 18.6. The van der Waals surface area contributed by atoms with E-state index in [1.165, 1.54) is 4.90 Å². The number of rotatable bonds is 5. The molecule has 7 nitrogen and oxygen atoms in total. The van der Waals surface area contributed by atoms with Crippen LogP contribution in [0.4, 0.5) is 17.1 Å². The van der Waals surface area contributed by atoms with Crippen LogP contribution in [-0.2, 0) is 4.79 Å². The second-order valence-electron chi connectivity index (χ2n) is 8.92. The molecule has 1 aromatic heterocycles. The fraction of sp³-hybridized carbons (Fsp3) is 0.0645. The molecule has 2 N–H and O–H groups in total. The van der Waals surface area contributed by atoms with Crippen molar-refractivity contribution in [2.45, 2.75) is 6.04 Å². The lowest BCUT2D eigenvalue weighted by Gasteiger charge is -2.31. The second kappa shape index (κ2) is 9.71. The summed E-state index contributed by atoms with van der Waals surface area (Å²) in [5, 5.41) is 3.90. The molecule has 0 bridgehead atoms. The third kappa shape index (κ3) is 4.20. The Balaban J connectivity index is 1.55. The molecule has 2 heterocycles. The van der Waals surface area contributed by atoms with Crippen LogP contribution in [0.1, 0.15) is 16.1 Å². The fourth-order valence-electron chi connectivity index (χ4n) is 4.71. The first-order valence-corrected chi connectivity index (χ1v) is 12.2. The molecule has 4 aromatic carbocycles. The molecule has 0 radical (unpaired) electrons. The number of aromatic nitrogens is 1. The van der Waals surface area contributed by atoms with Crippen molar-refractivity contribution in [3.05, 3.63) is 120 Å². The van der Waals surface area contributed by atoms with Crippen LogP contribution in [-0.4, -0.2) is 35.7 Å². The van der Waals surface area contributed by atoms with Crippen LogP contribution in [0, 0.1) is 0 Å². The number of nitrogens with one attached hydrogen (secondary N) is 2. The van der Waals surface area contributed by atoms with Gasteiger partial charge in [0.05, 0.1) is 24.2 Å². The highest BCUT2D eigenvalue weighted by Crippen LogP contribution is 2.33. The predicted octanol–water partition coefficient (Wildman–Crippen LogP) is 5.97. The monoisotopic (exact) mass is 500 g/mol. The van der Waals surface area contributed by atoms with E-state index in [0.717, 1.165) is 10.9 Å². The molecule has 0 saturated heterocycles. The summed E-state index contributed by atoms with van der Waals surface area (Å²) in [6.45, 7) is 0. The molecular weight excluding hydrogens is 476 g/mol. The Hall–Kier alpha value is -5.17. The number of benzene rings is 4. The Labute approximate surface area is 219 Å². The molecule has 5 aromatic rings. The molecule has 1 atom stereocenters. The van der Waals surface area contributed by atoms with Gasteiger partial charge in [-0.2, -0.15) is 0 Å². The molecule has 6 rings (SSSR count). The van der Waals surface area contributed by atoms with Crippen LogP contribution in [0.25, 0.3) is 10.9 Å². The molecule has 7 heteroatoms. The standard InChI is InChI=1S/C31H24N4O3/c1-38-23-17-15-20(16-18-23)28-29(30(36)34-26-14-8-7-13-25(26)33-28)35(22-10-3-2-4-11-22)31(37)27-19-21-9-5-6-12-24(21)32-27/h2-19,29,32H,1H3,(H,34,36). The maximum Gasteiger partial charge on any atom is 0.275 e. The van der Waals surface area contributed by atoms with Gasteiger partial charge >= 0.3 is 0 Å². The van der Waals surface area contributed by atoms with Crippen molar-refractivity contribution in [2.75, 3.05) is 17.3 Å². The van der Waals surface area contributed by atoms with Crippen LogP contribution < -0.4 is 15.0 Å². The molecule has 186 valence electrons. The van der Waals surface area contributed by atoms with E-state index in [0.29, 0.717) is 39.8 Å². The van der Waals surface area contributed by atoms with Gasteiger partial charge in [-0.05, 0) is 66.2 Å². The zero-order chi connectivity index (χ0) is 26.1. The van der Waals surface area contributed by atoms with E-state index in [2.05, 4.69) is 10.3 Å². The van der Waals surface area contributed by atoms with Crippen molar-refractivity contribution in [3.8, 4) is 5.75 Å². The number of carbonyl (C=O) groups is 2. The van der Waals surface area contributed by atoms with Gasteiger partial charge in [0.2, 0.25) is 0 Å². The zero-order valence-electron chi connectivity index (χ0n) is 20.6. The summed E-state index contributed by atoms with van der Waals surface area (Å²) in [4.78, 5) is 37.9. The van der Waals surface area contributed by atoms with Crippen LogP contribution >= 0.6 is 0 Å². The maximum absolute atomic E-state index is 14.3. The third-order valence-electron chi connectivity index (χ3n) is 6.57. The van der Waals surface area contributed by atoms with E-state index < -0.39 is 6.04 Å². The molecule has 0 fully saturated rings. The Bertz CT molecular complexity index is 1640. The highest BCUT2D eigenvalue weighted by Gasteiger charge is 2.39. The third-order valence-corrected chi connectivity index (χ3v) is 6.57. The quantitative estimate of drug-likeness (QED) is 0.312. The lowest BCUT2D eigenvalue weighted by atomic mass is 9.99. The Morgan fingerprint density at radius 2 is 1.58 bits per heavy atom. The fourth-order valence-corrected chi connectivity index (χ4v) is 4.71. The van der Waals surface area contributed by atoms with Gasteiger partial charge in [0.1, 0.15) is 11.4 Å². The van der Waals surface area contributed by atoms with Crippen molar-refractivity contribution < 1.29 is 14.3 Å². The average molecular weight is 501 g/mol. The summed E-state index contributed by atoms with van der Waals surface area (Å²) >= 11 is 0. The number of hydrogen-bond acceptors (Lipinski definition) is 4. The van der Waals surface area contributed by atoms with Crippen molar-refractivity contribution in [1.82, 2.24) is 4.98 Å². The lowest BCUT2D eigenvalue weighted by Crippen LogP contribution is -2.52. The largest absolute Gasteiger partial charge is 0.497 e. The number of fused-ring (bicyclic) bond motifs is 2. The zero-order valence-corrected chi connectivity index (χ0v) is 20.6. The molecule has 0 spiro atoms. The Morgan fingerprint density at radius 1 is 0.868 bits per heavy atom. The molecule has 0 saturated carbocycles. The van der Waals surface area contributed by atoms with E-state index in [4.69, 9.17) is 9.73 Å². The van der Waals surface area contributed by atoms with Gasteiger partial charge in [-0.25, -0.2) is 4.99 Å². The minimum absolute atomic E-state index is 0.347. The maximum atomic E-state index is 14.3. The number of methoxy groups -OCH3 is 1. The van der Waals surface area contributed by atoms with Gasteiger partial charge in [0.15, 0.2) is 6.04 Å². The van der Waals surface area contributed by atoms with Gasteiger partial charge in [-0.3, -0.25) is 14.5 Å². The number of ether oxygens (including phenoxy) is 1. The molecule has 1 unspecified atom stereocenters. The van der Waals surface area contributed by atoms with Crippen molar-refractivity contribution in [3.63, 3.8) is 0 Å². The predicted molar refractivity (Wildman–Crippen MR) is 150 cm³/mol. The number of hydrogen-bond donors (Lipinski definition) is 2. The van der Waals surface area contributed by atoms with E-state index >= 15 is 0 Å². The lowest BCUT2D eigenvalue weighted by molar-refractivity contribution is -0.116. The smallest absolute Gasteiger partial charge is 0.275 e.